The Kier molecular flexibility index (Phi) is 5.32. The summed E-state index contributed by atoms with van der Waals surface area (Å²) in [4.78, 5) is 12.7. The standard InChI is InChI=1S/C24H25ClN4O2/c25-17-4-2-5-18(11-17)29-19(12-23(28-29)16-7-8-16)14-26-24(31)27-22-6-1-3-15-9-10-20(30)13-21(15)22/h2,4-5,9-13,16,22,30H,1,3,6-8,14H2,(H2,26,27,31). The summed E-state index contributed by atoms with van der Waals surface area (Å²) in [5.74, 6) is 0.741. The molecule has 31 heavy (non-hydrogen) atoms. The van der Waals surface area contributed by atoms with E-state index in [-0.39, 0.29) is 17.8 Å². The number of aromatic hydroxyl groups is 1. The molecule has 0 bridgehead atoms. The zero-order valence-corrected chi connectivity index (χ0v) is 17.9. The summed E-state index contributed by atoms with van der Waals surface area (Å²) in [5.41, 5.74) is 5.05. The molecule has 6 nitrogen and oxygen atoms in total. The summed E-state index contributed by atoms with van der Waals surface area (Å²) in [7, 11) is 0. The molecule has 2 aromatic carbocycles. The first-order valence-corrected chi connectivity index (χ1v) is 11.2. The number of urea groups is 1. The maximum atomic E-state index is 12.7. The maximum Gasteiger partial charge on any atom is 0.315 e. The fourth-order valence-corrected chi connectivity index (χ4v) is 4.48. The number of carbonyl (C=O) groups excluding carboxylic acids is 1. The molecule has 0 saturated heterocycles. The summed E-state index contributed by atoms with van der Waals surface area (Å²) < 4.78 is 1.87. The molecule has 0 spiro atoms. The van der Waals surface area contributed by atoms with E-state index in [4.69, 9.17) is 16.7 Å². The van der Waals surface area contributed by atoms with Crippen LogP contribution < -0.4 is 10.6 Å². The van der Waals surface area contributed by atoms with Gasteiger partial charge in [-0.1, -0.05) is 23.7 Å². The quantitative estimate of drug-likeness (QED) is 0.527. The fourth-order valence-electron chi connectivity index (χ4n) is 4.29. The highest BCUT2D eigenvalue weighted by Crippen LogP contribution is 2.40. The van der Waals surface area contributed by atoms with Crippen LogP contribution in [0.3, 0.4) is 0 Å². The number of phenols is 1. The molecule has 160 valence electrons. The van der Waals surface area contributed by atoms with Crippen molar-refractivity contribution in [2.24, 2.45) is 0 Å². The number of nitrogens with zero attached hydrogens (tertiary/aromatic N) is 2. The van der Waals surface area contributed by atoms with Crippen molar-refractivity contribution in [2.45, 2.75) is 50.6 Å². The van der Waals surface area contributed by atoms with Crippen LogP contribution in [0.25, 0.3) is 5.69 Å². The molecule has 2 aliphatic rings. The van der Waals surface area contributed by atoms with Crippen molar-refractivity contribution >= 4 is 17.6 Å². The lowest BCUT2D eigenvalue weighted by atomic mass is 9.87. The van der Waals surface area contributed by atoms with Crippen LogP contribution in [0, 0.1) is 0 Å². The van der Waals surface area contributed by atoms with E-state index in [1.807, 2.05) is 35.0 Å². The number of aryl methyl sites for hydroxylation is 1. The highest BCUT2D eigenvalue weighted by Gasteiger charge is 2.28. The lowest BCUT2D eigenvalue weighted by molar-refractivity contribution is 0.235. The monoisotopic (exact) mass is 436 g/mol. The van der Waals surface area contributed by atoms with Crippen molar-refractivity contribution in [3.8, 4) is 11.4 Å². The van der Waals surface area contributed by atoms with Gasteiger partial charge in [-0.05, 0) is 79.6 Å². The number of fused-ring (bicyclic) bond motifs is 1. The number of amides is 2. The van der Waals surface area contributed by atoms with Gasteiger partial charge in [0.05, 0.1) is 29.7 Å². The lowest BCUT2D eigenvalue weighted by Crippen LogP contribution is -2.39. The highest BCUT2D eigenvalue weighted by atomic mass is 35.5. The molecule has 3 N–H and O–H groups in total. The average molecular weight is 437 g/mol. The van der Waals surface area contributed by atoms with Gasteiger partial charge in [-0.25, -0.2) is 9.48 Å². The van der Waals surface area contributed by atoms with Gasteiger partial charge < -0.3 is 15.7 Å². The number of hydrogen-bond donors (Lipinski definition) is 3. The Morgan fingerprint density at radius 2 is 2.03 bits per heavy atom. The largest absolute Gasteiger partial charge is 0.508 e. The first-order valence-electron chi connectivity index (χ1n) is 10.8. The molecule has 1 atom stereocenters. The minimum Gasteiger partial charge on any atom is -0.508 e. The number of hydrogen-bond acceptors (Lipinski definition) is 3. The van der Waals surface area contributed by atoms with E-state index in [1.165, 1.54) is 5.56 Å². The van der Waals surface area contributed by atoms with E-state index in [9.17, 15) is 9.90 Å². The number of halogens is 1. The van der Waals surface area contributed by atoms with Crippen LogP contribution in [-0.2, 0) is 13.0 Å². The molecule has 0 radical (unpaired) electrons. The lowest BCUT2D eigenvalue weighted by Gasteiger charge is -2.26. The first kappa shape index (κ1) is 19.9. The molecule has 1 aromatic heterocycles. The molecule has 1 heterocycles. The van der Waals surface area contributed by atoms with E-state index in [0.29, 0.717) is 17.5 Å². The molecule has 0 aliphatic heterocycles. The van der Waals surface area contributed by atoms with Gasteiger partial charge in [-0.15, -0.1) is 0 Å². The summed E-state index contributed by atoms with van der Waals surface area (Å²) in [5, 5.41) is 21.3. The summed E-state index contributed by atoms with van der Waals surface area (Å²) in [6, 6.07) is 14.7. The van der Waals surface area contributed by atoms with Crippen LogP contribution in [0.15, 0.2) is 48.5 Å². The van der Waals surface area contributed by atoms with Gasteiger partial charge in [0.25, 0.3) is 0 Å². The van der Waals surface area contributed by atoms with Crippen LogP contribution in [0.1, 0.15) is 60.2 Å². The van der Waals surface area contributed by atoms with Crippen LogP contribution in [0.2, 0.25) is 5.02 Å². The summed E-state index contributed by atoms with van der Waals surface area (Å²) in [6.45, 7) is 0.359. The molecule has 5 rings (SSSR count). The highest BCUT2D eigenvalue weighted by molar-refractivity contribution is 6.30. The summed E-state index contributed by atoms with van der Waals surface area (Å²) in [6.07, 6.45) is 5.16. The van der Waals surface area contributed by atoms with Gasteiger partial charge in [-0.2, -0.15) is 5.10 Å². The van der Waals surface area contributed by atoms with Gasteiger partial charge in [-0.3, -0.25) is 0 Å². The van der Waals surface area contributed by atoms with Crippen molar-refractivity contribution < 1.29 is 9.90 Å². The second-order valence-electron chi connectivity index (χ2n) is 8.38. The predicted octanol–water partition coefficient (Wildman–Crippen LogP) is 4.99. The molecule has 2 amide bonds. The molecule has 1 fully saturated rings. The van der Waals surface area contributed by atoms with Crippen molar-refractivity contribution in [2.75, 3.05) is 0 Å². The van der Waals surface area contributed by atoms with Crippen LogP contribution >= 0.6 is 11.6 Å². The van der Waals surface area contributed by atoms with Crippen molar-refractivity contribution in [3.63, 3.8) is 0 Å². The number of nitrogens with one attached hydrogen (secondary N) is 2. The third-order valence-electron chi connectivity index (χ3n) is 6.03. The van der Waals surface area contributed by atoms with E-state index < -0.39 is 0 Å². The first-order chi connectivity index (χ1) is 15.1. The van der Waals surface area contributed by atoms with Gasteiger partial charge in [0.2, 0.25) is 0 Å². The second-order valence-corrected chi connectivity index (χ2v) is 8.82. The molecule has 7 heteroatoms. The van der Waals surface area contributed by atoms with Gasteiger partial charge >= 0.3 is 6.03 Å². The van der Waals surface area contributed by atoms with Crippen LogP contribution in [0.5, 0.6) is 5.75 Å². The topological polar surface area (TPSA) is 79.2 Å². The number of rotatable bonds is 5. The van der Waals surface area contributed by atoms with E-state index >= 15 is 0 Å². The van der Waals surface area contributed by atoms with Crippen molar-refractivity contribution in [1.29, 1.82) is 0 Å². The third kappa shape index (κ3) is 4.39. The SMILES string of the molecule is O=C(NCc1cc(C2CC2)nn1-c1cccc(Cl)c1)NC1CCCc2ccc(O)cc21. The molecule has 1 saturated carbocycles. The Morgan fingerprint density at radius 3 is 2.84 bits per heavy atom. The maximum absolute atomic E-state index is 12.7. The normalized spacial score (nSPS) is 17.8. The van der Waals surface area contributed by atoms with Gasteiger partial charge in [0.1, 0.15) is 5.75 Å². The van der Waals surface area contributed by atoms with Crippen molar-refractivity contribution in [3.05, 3.63) is 76.1 Å². The molecular formula is C24H25ClN4O2. The molecular weight excluding hydrogens is 412 g/mol. The van der Waals surface area contributed by atoms with Crippen LogP contribution in [-0.4, -0.2) is 20.9 Å². The minimum atomic E-state index is -0.229. The number of benzene rings is 2. The molecule has 3 aromatic rings. The molecule has 2 aliphatic carbocycles. The second kappa shape index (κ2) is 8.27. The summed E-state index contributed by atoms with van der Waals surface area (Å²) >= 11 is 6.18. The van der Waals surface area contributed by atoms with Crippen molar-refractivity contribution in [1.82, 2.24) is 20.4 Å². The number of phenolic OH excluding ortho intramolecular Hbond substituents is 1. The Morgan fingerprint density at radius 1 is 1.16 bits per heavy atom. The van der Waals surface area contributed by atoms with E-state index in [2.05, 4.69) is 16.7 Å². The third-order valence-corrected chi connectivity index (χ3v) is 6.26. The Balaban J connectivity index is 1.30. The van der Waals surface area contributed by atoms with E-state index in [1.54, 1.807) is 12.1 Å². The Hall–Kier alpha value is -2.99. The molecule has 1 unspecified atom stereocenters. The average Bonchev–Trinajstić information content (AvgIpc) is 3.52. The fraction of sp³-hybridized carbons (Fsp3) is 0.333. The van der Waals surface area contributed by atoms with E-state index in [0.717, 1.165) is 54.7 Å². The zero-order chi connectivity index (χ0) is 21.4. The van der Waals surface area contributed by atoms with Crippen LogP contribution in [0.4, 0.5) is 4.79 Å². The Bertz CT molecular complexity index is 1120. The minimum absolute atomic E-state index is 0.101. The number of aromatic nitrogens is 2. The Labute approximate surface area is 186 Å². The number of carbonyl (C=O) groups is 1. The predicted molar refractivity (Wildman–Crippen MR) is 120 cm³/mol. The van der Waals surface area contributed by atoms with Gasteiger partial charge in [0, 0.05) is 10.9 Å². The zero-order valence-electron chi connectivity index (χ0n) is 17.1. The van der Waals surface area contributed by atoms with Gasteiger partial charge in [0.15, 0.2) is 0 Å². The smallest absolute Gasteiger partial charge is 0.315 e.